The van der Waals surface area contributed by atoms with Crippen LogP contribution in [0.2, 0.25) is 0 Å². The van der Waals surface area contributed by atoms with Crippen molar-refractivity contribution in [1.82, 2.24) is 10.0 Å². The monoisotopic (exact) mass is 236 g/mol. The fraction of sp³-hybridized carbons (Fsp3) is 1.00. The van der Waals surface area contributed by atoms with Crippen LogP contribution in [0.1, 0.15) is 33.6 Å². The van der Waals surface area contributed by atoms with Gasteiger partial charge < -0.3 is 5.32 Å². The van der Waals surface area contributed by atoms with Crippen molar-refractivity contribution in [3.05, 3.63) is 0 Å². The molecule has 0 bridgehead atoms. The summed E-state index contributed by atoms with van der Waals surface area (Å²) in [6.07, 6.45) is 1.83. The van der Waals surface area contributed by atoms with Crippen LogP contribution in [0.25, 0.3) is 0 Å². The first kappa shape index (κ1) is 14.9. The highest BCUT2D eigenvalue weighted by molar-refractivity contribution is 7.89. The fourth-order valence-corrected chi connectivity index (χ4v) is 2.96. The van der Waals surface area contributed by atoms with E-state index in [0.29, 0.717) is 6.54 Å². The third-order valence-corrected chi connectivity index (χ3v) is 4.23. The maximum atomic E-state index is 11.6. The van der Waals surface area contributed by atoms with Crippen LogP contribution >= 0.6 is 0 Å². The molecule has 5 heteroatoms. The normalized spacial score (nSPS) is 14.5. The Balaban J connectivity index is 4.07. The van der Waals surface area contributed by atoms with Gasteiger partial charge in [-0.3, -0.25) is 0 Å². The first-order valence-corrected chi connectivity index (χ1v) is 7.25. The molecule has 0 rings (SSSR count). The highest BCUT2D eigenvalue weighted by Crippen LogP contribution is 2.09. The Labute approximate surface area is 93.9 Å². The maximum Gasteiger partial charge on any atom is 0.211 e. The first-order chi connectivity index (χ1) is 6.95. The molecule has 4 nitrogen and oxygen atoms in total. The SMILES string of the molecule is CCC(CC)CS(=O)(=O)NCC(C)NC. The Morgan fingerprint density at radius 2 is 1.73 bits per heavy atom. The van der Waals surface area contributed by atoms with Crippen molar-refractivity contribution in [2.24, 2.45) is 5.92 Å². The van der Waals surface area contributed by atoms with E-state index in [4.69, 9.17) is 0 Å². The standard InChI is InChI=1S/C10H24N2O2S/c1-5-10(6-2)8-15(13,14)12-7-9(3)11-4/h9-12H,5-8H2,1-4H3. The van der Waals surface area contributed by atoms with Gasteiger partial charge in [0.25, 0.3) is 0 Å². The summed E-state index contributed by atoms with van der Waals surface area (Å²) < 4.78 is 25.9. The Morgan fingerprint density at radius 1 is 1.20 bits per heavy atom. The lowest BCUT2D eigenvalue weighted by atomic mass is 10.1. The summed E-state index contributed by atoms with van der Waals surface area (Å²) >= 11 is 0. The van der Waals surface area contributed by atoms with E-state index < -0.39 is 10.0 Å². The van der Waals surface area contributed by atoms with E-state index in [9.17, 15) is 8.42 Å². The van der Waals surface area contributed by atoms with Gasteiger partial charge in [0, 0.05) is 12.6 Å². The molecule has 0 aromatic carbocycles. The minimum Gasteiger partial charge on any atom is -0.316 e. The average molecular weight is 236 g/mol. The lowest BCUT2D eigenvalue weighted by Gasteiger charge is -2.15. The highest BCUT2D eigenvalue weighted by Gasteiger charge is 2.16. The van der Waals surface area contributed by atoms with E-state index >= 15 is 0 Å². The van der Waals surface area contributed by atoms with Gasteiger partial charge in [0.15, 0.2) is 0 Å². The van der Waals surface area contributed by atoms with E-state index in [1.165, 1.54) is 0 Å². The molecular weight excluding hydrogens is 212 g/mol. The molecule has 0 aromatic heterocycles. The van der Waals surface area contributed by atoms with Crippen LogP contribution in [0.4, 0.5) is 0 Å². The molecule has 0 aromatic rings. The van der Waals surface area contributed by atoms with Crippen LogP contribution in [0.15, 0.2) is 0 Å². The van der Waals surface area contributed by atoms with Gasteiger partial charge in [-0.2, -0.15) is 0 Å². The fourth-order valence-electron chi connectivity index (χ4n) is 1.25. The van der Waals surface area contributed by atoms with Crippen molar-refractivity contribution < 1.29 is 8.42 Å². The molecule has 2 N–H and O–H groups in total. The van der Waals surface area contributed by atoms with Gasteiger partial charge in [-0.25, -0.2) is 13.1 Å². The Morgan fingerprint density at radius 3 is 2.13 bits per heavy atom. The number of likely N-dealkylation sites (N-methyl/N-ethyl adjacent to an activating group) is 1. The highest BCUT2D eigenvalue weighted by atomic mass is 32.2. The van der Waals surface area contributed by atoms with Crippen molar-refractivity contribution in [2.75, 3.05) is 19.3 Å². The molecule has 0 aliphatic carbocycles. The zero-order valence-electron chi connectivity index (χ0n) is 10.2. The molecule has 0 saturated carbocycles. The van der Waals surface area contributed by atoms with Gasteiger partial charge in [-0.05, 0) is 19.9 Å². The van der Waals surface area contributed by atoms with E-state index in [0.717, 1.165) is 12.8 Å². The van der Waals surface area contributed by atoms with E-state index in [2.05, 4.69) is 10.0 Å². The molecule has 0 spiro atoms. The van der Waals surface area contributed by atoms with Crippen LogP contribution in [0.3, 0.4) is 0 Å². The van der Waals surface area contributed by atoms with E-state index in [-0.39, 0.29) is 17.7 Å². The zero-order valence-corrected chi connectivity index (χ0v) is 11.0. The van der Waals surface area contributed by atoms with Crippen LogP contribution in [-0.4, -0.2) is 33.8 Å². The molecule has 0 fully saturated rings. The quantitative estimate of drug-likeness (QED) is 0.660. The number of hydrogen-bond acceptors (Lipinski definition) is 3. The summed E-state index contributed by atoms with van der Waals surface area (Å²) in [7, 11) is -1.28. The molecule has 15 heavy (non-hydrogen) atoms. The largest absolute Gasteiger partial charge is 0.316 e. The second kappa shape index (κ2) is 7.19. The smallest absolute Gasteiger partial charge is 0.211 e. The van der Waals surface area contributed by atoms with Gasteiger partial charge in [0.2, 0.25) is 10.0 Å². The second-order valence-electron chi connectivity index (χ2n) is 4.00. The second-order valence-corrected chi connectivity index (χ2v) is 5.85. The number of hydrogen-bond donors (Lipinski definition) is 2. The molecule has 0 saturated heterocycles. The number of rotatable bonds is 8. The summed E-state index contributed by atoms with van der Waals surface area (Å²) in [4.78, 5) is 0. The van der Waals surface area contributed by atoms with E-state index in [1.54, 1.807) is 0 Å². The van der Waals surface area contributed by atoms with Crippen molar-refractivity contribution >= 4 is 10.0 Å². The molecule has 0 heterocycles. The molecule has 0 aliphatic rings. The third-order valence-electron chi connectivity index (χ3n) is 2.71. The summed E-state index contributed by atoms with van der Waals surface area (Å²) in [5, 5.41) is 2.99. The van der Waals surface area contributed by atoms with Gasteiger partial charge in [-0.15, -0.1) is 0 Å². The van der Waals surface area contributed by atoms with Crippen LogP contribution in [0, 0.1) is 5.92 Å². The summed E-state index contributed by atoms with van der Waals surface area (Å²) in [6.45, 7) is 6.46. The van der Waals surface area contributed by atoms with Gasteiger partial charge >= 0.3 is 0 Å². The van der Waals surface area contributed by atoms with Crippen molar-refractivity contribution in [3.63, 3.8) is 0 Å². The summed E-state index contributed by atoms with van der Waals surface area (Å²) in [6, 6.07) is 0.168. The van der Waals surface area contributed by atoms with E-state index in [1.807, 2.05) is 27.8 Å². The molecule has 92 valence electrons. The van der Waals surface area contributed by atoms with Crippen molar-refractivity contribution in [3.8, 4) is 0 Å². The summed E-state index contributed by atoms with van der Waals surface area (Å²) in [5.74, 6) is 0.517. The summed E-state index contributed by atoms with van der Waals surface area (Å²) in [5.41, 5.74) is 0. The molecule has 0 amide bonds. The minimum absolute atomic E-state index is 0.168. The molecule has 1 atom stereocenters. The predicted octanol–water partition coefficient (Wildman–Crippen LogP) is 0.950. The zero-order chi connectivity index (χ0) is 11.9. The third kappa shape index (κ3) is 6.87. The minimum atomic E-state index is -3.10. The Kier molecular flexibility index (Phi) is 7.13. The van der Waals surface area contributed by atoms with Crippen LogP contribution in [0.5, 0.6) is 0 Å². The van der Waals surface area contributed by atoms with Crippen molar-refractivity contribution in [2.45, 2.75) is 39.7 Å². The lowest BCUT2D eigenvalue weighted by Crippen LogP contribution is -2.39. The molecule has 0 aliphatic heterocycles. The molecule has 0 radical (unpaired) electrons. The van der Waals surface area contributed by atoms with Crippen molar-refractivity contribution in [1.29, 1.82) is 0 Å². The van der Waals surface area contributed by atoms with Gasteiger partial charge in [-0.1, -0.05) is 26.7 Å². The number of sulfonamides is 1. The van der Waals surface area contributed by atoms with Crippen LogP contribution < -0.4 is 10.0 Å². The lowest BCUT2D eigenvalue weighted by molar-refractivity contribution is 0.510. The molecule has 1 unspecified atom stereocenters. The molecular formula is C10H24N2O2S. The topological polar surface area (TPSA) is 58.2 Å². The maximum absolute atomic E-state index is 11.6. The Bertz CT molecular complexity index is 248. The number of nitrogens with one attached hydrogen (secondary N) is 2. The van der Waals surface area contributed by atoms with Crippen LogP contribution in [-0.2, 0) is 10.0 Å². The van der Waals surface area contributed by atoms with Gasteiger partial charge in [0.1, 0.15) is 0 Å². The first-order valence-electron chi connectivity index (χ1n) is 5.59. The average Bonchev–Trinajstić information content (AvgIpc) is 2.22. The Hall–Kier alpha value is -0.130. The predicted molar refractivity (Wildman–Crippen MR) is 64.4 cm³/mol. The van der Waals surface area contributed by atoms with Gasteiger partial charge in [0.05, 0.1) is 5.75 Å².